The minimum absolute atomic E-state index is 0.0429. The third-order valence-corrected chi connectivity index (χ3v) is 8.77. The van der Waals surface area contributed by atoms with E-state index in [1.54, 1.807) is 6.20 Å². The highest BCUT2D eigenvalue weighted by atomic mass is 16.5. The molecule has 0 unspecified atom stereocenters. The summed E-state index contributed by atoms with van der Waals surface area (Å²) < 4.78 is 5.77. The van der Waals surface area contributed by atoms with Gasteiger partial charge in [-0.25, -0.2) is 14.8 Å². The second kappa shape index (κ2) is 12.6. The largest absolute Gasteiger partial charge is 0.477 e. The number of carbonyl (C=O) groups is 2. The molecule has 0 saturated carbocycles. The summed E-state index contributed by atoms with van der Waals surface area (Å²) in [7, 11) is 0. The molecule has 0 bridgehead atoms. The lowest BCUT2D eigenvalue weighted by Crippen LogP contribution is -2.57. The van der Waals surface area contributed by atoms with Crippen LogP contribution in [-0.4, -0.2) is 84.8 Å². The lowest BCUT2D eigenvalue weighted by atomic mass is 10.1. The second-order valence-electron chi connectivity index (χ2n) is 11.5. The topological polar surface area (TPSA) is 103 Å². The van der Waals surface area contributed by atoms with Gasteiger partial charge in [0.2, 0.25) is 5.88 Å². The standard InChI is InChI=1S/C33H41N7O3/c1-4-25-21-38(33(42)40-17-14-23-9-6-8-22(3)30(23)40)18-19-39(25)28-12-11-27(26-10-7-15-35-32(26)43-5-2)37-29(28)31(41)36-24-13-16-34-20-24/h6-12,15,24-25,34H,4-5,13-14,16-21H2,1-3H3,(H,36,41)/t24-,25-/m1/s1. The van der Waals surface area contributed by atoms with Gasteiger partial charge in [0.1, 0.15) is 0 Å². The molecule has 1 aromatic carbocycles. The maximum atomic E-state index is 13.8. The zero-order chi connectivity index (χ0) is 29.9. The zero-order valence-electron chi connectivity index (χ0n) is 25.3. The predicted molar refractivity (Wildman–Crippen MR) is 168 cm³/mol. The van der Waals surface area contributed by atoms with E-state index in [4.69, 9.17) is 9.72 Å². The van der Waals surface area contributed by atoms with Gasteiger partial charge in [-0.15, -0.1) is 0 Å². The van der Waals surface area contributed by atoms with Gasteiger partial charge in [0.05, 0.1) is 29.2 Å². The number of amides is 3. The SMILES string of the molecule is CCOc1ncccc1-c1ccc(N2CCN(C(=O)N3CCc4cccc(C)c43)C[C@H]2CC)c(C(=O)N[C@@H]2CCNC2)n1. The van der Waals surface area contributed by atoms with E-state index < -0.39 is 0 Å². The number of nitrogens with one attached hydrogen (secondary N) is 2. The first-order valence-electron chi connectivity index (χ1n) is 15.5. The molecule has 0 spiro atoms. The molecular formula is C33H41N7O3. The van der Waals surface area contributed by atoms with Crippen LogP contribution in [0.25, 0.3) is 11.3 Å². The normalized spacial score (nSPS) is 19.8. The van der Waals surface area contributed by atoms with Crippen molar-refractivity contribution in [3.8, 4) is 17.1 Å². The molecule has 3 aliphatic rings. The van der Waals surface area contributed by atoms with E-state index in [0.717, 1.165) is 54.9 Å². The summed E-state index contributed by atoms with van der Waals surface area (Å²) in [5.74, 6) is 0.304. The first-order chi connectivity index (χ1) is 21.0. The van der Waals surface area contributed by atoms with E-state index in [-0.39, 0.29) is 24.0 Å². The van der Waals surface area contributed by atoms with Gasteiger partial charge in [-0.05, 0) is 75.0 Å². The summed E-state index contributed by atoms with van der Waals surface area (Å²) in [6, 6.07) is 14.1. The van der Waals surface area contributed by atoms with Crippen LogP contribution in [0, 0.1) is 6.92 Å². The fourth-order valence-corrected chi connectivity index (χ4v) is 6.58. The van der Waals surface area contributed by atoms with Crippen LogP contribution in [0.2, 0.25) is 0 Å². The molecule has 226 valence electrons. The van der Waals surface area contributed by atoms with Gasteiger partial charge in [0.15, 0.2) is 5.69 Å². The van der Waals surface area contributed by atoms with Crippen molar-refractivity contribution in [3.63, 3.8) is 0 Å². The van der Waals surface area contributed by atoms with Gasteiger partial charge in [-0.2, -0.15) is 0 Å². The molecule has 43 heavy (non-hydrogen) atoms. The second-order valence-corrected chi connectivity index (χ2v) is 11.5. The highest BCUT2D eigenvalue weighted by Crippen LogP contribution is 2.34. The van der Waals surface area contributed by atoms with Crippen molar-refractivity contribution in [3.05, 3.63) is 65.5 Å². The summed E-state index contributed by atoms with van der Waals surface area (Å²) in [4.78, 5) is 43.1. The van der Waals surface area contributed by atoms with E-state index in [1.165, 1.54) is 5.56 Å². The average Bonchev–Trinajstić information content (AvgIpc) is 3.71. The number of urea groups is 1. The van der Waals surface area contributed by atoms with Crippen molar-refractivity contribution < 1.29 is 14.3 Å². The number of aryl methyl sites for hydroxylation is 1. The van der Waals surface area contributed by atoms with E-state index in [9.17, 15) is 9.59 Å². The fraction of sp³-hybridized carbons (Fsp3) is 0.455. The lowest BCUT2D eigenvalue weighted by molar-refractivity contribution is 0.0935. The van der Waals surface area contributed by atoms with Crippen LogP contribution in [0.15, 0.2) is 48.7 Å². The number of fused-ring (bicyclic) bond motifs is 1. The minimum Gasteiger partial charge on any atom is -0.477 e. The molecule has 3 aromatic rings. The van der Waals surface area contributed by atoms with Gasteiger partial charge >= 0.3 is 6.03 Å². The summed E-state index contributed by atoms with van der Waals surface area (Å²) in [5.41, 5.74) is 5.99. The molecule has 2 fully saturated rings. The summed E-state index contributed by atoms with van der Waals surface area (Å²) in [5, 5.41) is 6.51. The third kappa shape index (κ3) is 5.76. The fourth-order valence-electron chi connectivity index (χ4n) is 6.58. The van der Waals surface area contributed by atoms with Crippen LogP contribution in [-0.2, 0) is 6.42 Å². The maximum absolute atomic E-state index is 13.8. The monoisotopic (exact) mass is 583 g/mol. The Labute approximate surface area is 253 Å². The van der Waals surface area contributed by atoms with Crippen molar-refractivity contribution in [2.24, 2.45) is 0 Å². The van der Waals surface area contributed by atoms with Crippen LogP contribution < -0.4 is 25.2 Å². The molecule has 0 aliphatic carbocycles. The van der Waals surface area contributed by atoms with Crippen LogP contribution in [0.5, 0.6) is 5.88 Å². The zero-order valence-corrected chi connectivity index (χ0v) is 25.3. The van der Waals surface area contributed by atoms with Crippen molar-refractivity contribution in [1.82, 2.24) is 25.5 Å². The van der Waals surface area contributed by atoms with Gasteiger partial charge < -0.3 is 25.2 Å². The maximum Gasteiger partial charge on any atom is 0.324 e. The molecule has 2 aromatic heterocycles. The van der Waals surface area contributed by atoms with E-state index >= 15 is 0 Å². The van der Waals surface area contributed by atoms with Gasteiger partial charge in [-0.1, -0.05) is 25.1 Å². The number of nitrogens with zero attached hydrogens (tertiary/aromatic N) is 5. The van der Waals surface area contributed by atoms with Crippen molar-refractivity contribution in [2.45, 2.75) is 52.1 Å². The number of ether oxygens (including phenoxy) is 1. The first-order valence-corrected chi connectivity index (χ1v) is 15.5. The number of aromatic nitrogens is 2. The molecule has 0 radical (unpaired) electrons. The third-order valence-electron chi connectivity index (χ3n) is 8.77. The van der Waals surface area contributed by atoms with Crippen LogP contribution in [0.1, 0.15) is 48.3 Å². The van der Waals surface area contributed by atoms with E-state index in [1.807, 2.05) is 41.0 Å². The summed E-state index contributed by atoms with van der Waals surface area (Å²) in [6.07, 6.45) is 4.29. The molecule has 2 saturated heterocycles. The van der Waals surface area contributed by atoms with Crippen LogP contribution >= 0.6 is 0 Å². The Bertz CT molecular complexity index is 1490. The van der Waals surface area contributed by atoms with E-state index in [0.29, 0.717) is 50.1 Å². The Morgan fingerprint density at radius 3 is 2.77 bits per heavy atom. The number of pyridine rings is 2. The number of carbonyl (C=O) groups excluding carboxylic acids is 2. The molecular weight excluding hydrogens is 542 g/mol. The van der Waals surface area contributed by atoms with Gasteiger partial charge in [0.25, 0.3) is 5.91 Å². The number of hydrogen-bond donors (Lipinski definition) is 2. The molecule has 10 nitrogen and oxygen atoms in total. The molecule has 2 N–H and O–H groups in total. The molecule has 2 atom stereocenters. The molecule has 3 amide bonds. The predicted octanol–water partition coefficient (Wildman–Crippen LogP) is 4.03. The number of rotatable bonds is 7. The van der Waals surface area contributed by atoms with Crippen molar-refractivity contribution in [2.75, 3.05) is 55.7 Å². The summed E-state index contributed by atoms with van der Waals surface area (Å²) in [6.45, 7) is 10.7. The number of para-hydroxylation sites is 1. The number of piperazine rings is 1. The van der Waals surface area contributed by atoms with Crippen molar-refractivity contribution >= 4 is 23.3 Å². The average molecular weight is 584 g/mol. The lowest BCUT2D eigenvalue weighted by Gasteiger charge is -2.44. The summed E-state index contributed by atoms with van der Waals surface area (Å²) >= 11 is 0. The first kappa shape index (κ1) is 28.9. The van der Waals surface area contributed by atoms with Gasteiger partial charge in [0, 0.05) is 51.0 Å². The van der Waals surface area contributed by atoms with Crippen LogP contribution in [0.3, 0.4) is 0 Å². The van der Waals surface area contributed by atoms with Gasteiger partial charge in [-0.3, -0.25) is 9.69 Å². The highest BCUT2D eigenvalue weighted by molar-refractivity contribution is 5.99. The smallest absolute Gasteiger partial charge is 0.324 e. The highest BCUT2D eigenvalue weighted by Gasteiger charge is 2.36. The number of anilines is 2. The Morgan fingerprint density at radius 2 is 1.98 bits per heavy atom. The molecule has 10 heteroatoms. The molecule has 6 rings (SSSR count). The Hall–Kier alpha value is -4.18. The Kier molecular flexibility index (Phi) is 8.47. The number of hydrogen-bond acceptors (Lipinski definition) is 7. The number of benzene rings is 1. The molecule has 5 heterocycles. The molecule has 3 aliphatic heterocycles. The van der Waals surface area contributed by atoms with E-state index in [2.05, 4.69) is 52.6 Å². The Morgan fingerprint density at radius 1 is 1.09 bits per heavy atom. The Balaban J connectivity index is 1.29. The quantitative estimate of drug-likeness (QED) is 0.433. The minimum atomic E-state index is -0.190. The van der Waals surface area contributed by atoms with Crippen molar-refractivity contribution in [1.29, 1.82) is 0 Å². The van der Waals surface area contributed by atoms with Crippen LogP contribution in [0.4, 0.5) is 16.2 Å².